The van der Waals surface area contributed by atoms with Crippen molar-refractivity contribution < 1.29 is 4.39 Å². The van der Waals surface area contributed by atoms with E-state index in [1.807, 2.05) is 20.8 Å². The van der Waals surface area contributed by atoms with Crippen LogP contribution in [0.4, 0.5) is 21.8 Å². The first-order valence-electron chi connectivity index (χ1n) is 6.31. The van der Waals surface area contributed by atoms with Crippen molar-refractivity contribution >= 4 is 33.4 Å². The predicted octanol–water partition coefficient (Wildman–Crippen LogP) is 4.17. The summed E-state index contributed by atoms with van der Waals surface area (Å²) in [6.45, 7) is 6.51. The van der Waals surface area contributed by atoms with Gasteiger partial charge in [-0.05, 0) is 54.4 Å². The predicted molar refractivity (Wildman–Crippen MR) is 83.1 cm³/mol. The summed E-state index contributed by atoms with van der Waals surface area (Å²) in [6, 6.07) is 3.19. The maximum Gasteiger partial charge on any atom is 0.224 e. The van der Waals surface area contributed by atoms with Crippen molar-refractivity contribution in [3.8, 4) is 0 Å². The Kier molecular flexibility index (Phi) is 4.54. The Balaban J connectivity index is 2.34. The monoisotopic (exact) mass is 338 g/mol. The molecule has 0 saturated heterocycles. The minimum atomic E-state index is -0.277. The molecule has 106 valence electrons. The van der Waals surface area contributed by atoms with E-state index in [1.165, 1.54) is 6.07 Å². The number of benzene rings is 1. The van der Waals surface area contributed by atoms with E-state index in [1.54, 1.807) is 12.3 Å². The number of aryl methyl sites for hydroxylation is 2. The van der Waals surface area contributed by atoms with Crippen molar-refractivity contribution in [3.63, 3.8) is 0 Å². The molecule has 0 fully saturated rings. The van der Waals surface area contributed by atoms with Crippen molar-refractivity contribution in [2.75, 3.05) is 17.2 Å². The van der Waals surface area contributed by atoms with Gasteiger partial charge in [-0.25, -0.2) is 9.37 Å². The molecule has 1 aromatic carbocycles. The van der Waals surface area contributed by atoms with Crippen LogP contribution in [0.2, 0.25) is 0 Å². The summed E-state index contributed by atoms with van der Waals surface area (Å²) in [4.78, 5) is 8.60. The number of hydrogen-bond donors (Lipinski definition) is 2. The van der Waals surface area contributed by atoms with Crippen molar-refractivity contribution in [2.45, 2.75) is 20.8 Å². The summed E-state index contributed by atoms with van der Waals surface area (Å²) in [5.41, 5.74) is 2.54. The molecule has 6 heteroatoms. The second-order valence-electron chi connectivity index (χ2n) is 4.46. The van der Waals surface area contributed by atoms with E-state index in [-0.39, 0.29) is 5.82 Å². The lowest BCUT2D eigenvalue weighted by Gasteiger charge is -2.13. The average molecular weight is 339 g/mol. The molecule has 0 saturated carbocycles. The van der Waals surface area contributed by atoms with Crippen molar-refractivity contribution in [3.05, 3.63) is 39.7 Å². The topological polar surface area (TPSA) is 49.8 Å². The van der Waals surface area contributed by atoms with Crippen LogP contribution in [0.5, 0.6) is 0 Å². The van der Waals surface area contributed by atoms with Crippen molar-refractivity contribution in [2.24, 2.45) is 0 Å². The van der Waals surface area contributed by atoms with Gasteiger partial charge in [0.15, 0.2) is 0 Å². The van der Waals surface area contributed by atoms with Gasteiger partial charge in [0.25, 0.3) is 0 Å². The first-order chi connectivity index (χ1) is 9.51. The van der Waals surface area contributed by atoms with Crippen LogP contribution in [-0.2, 0) is 0 Å². The molecule has 2 N–H and O–H groups in total. The highest BCUT2D eigenvalue weighted by Gasteiger charge is 2.08. The average Bonchev–Trinajstić information content (AvgIpc) is 2.40. The van der Waals surface area contributed by atoms with Gasteiger partial charge < -0.3 is 10.6 Å². The molecule has 0 unspecified atom stereocenters. The number of hydrogen-bond acceptors (Lipinski definition) is 4. The standard InChI is InChI=1S/C14H16BrFN4/c1-4-17-14-18-7-9(3)13(20-14)19-12-6-10(15)11(16)5-8(12)2/h5-7H,4H2,1-3H3,(H2,17,18,19,20). The van der Waals surface area contributed by atoms with Crippen LogP contribution in [0.25, 0.3) is 0 Å². The van der Waals surface area contributed by atoms with Crippen LogP contribution < -0.4 is 10.6 Å². The first kappa shape index (κ1) is 14.7. The molecule has 0 atom stereocenters. The van der Waals surface area contributed by atoms with Crippen LogP contribution in [0.1, 0.15) is 18.1 Å². The number of nitrogens with one attached hydrogen (secondary N) is 2. The molecule has 1 heterocycles. The smallest absolute Gasteiger partial charge is 0.224 e. The van der Waals surface area contributed by atoms with E-state index >= 15 is 0 Å². The Hall–Kier alpha value is -1.69. The van der Waals surface area contributed by atoms with Crippen LogP contribution in [0.15, 0.2) is 22.8 Å². The van der Waals surface area contributed by atoms with Gasteiger partial charge in [0.2, 0.25) is 5.95 Å². The lowest BCUT2D eigenvalue weighted by molar-refractivity contribution is 0.620. The Morgan fingerprint density at radius 1 is 1.25 bits per heavy atom. The van der Waals surface area contributed by atoms with Crippen LogP contribution in [-0.4, -0.2) is 16.5 Å². The highest BCUT2D eigenvalue weighted by atomic mass is 79.9. The minimum absolute atomic E-state index is 0.277. The van der Waals surface area contributed by atoms with Gasteiger partial charge in [-0.15, -0.1) is 0 Å². The largest absolute Gasteiger partial charge is 0.354 e. The first-order valence-corrected chi connectivity index (χ1v) is 7.10. The summed E-state index contributed by atoms with van der Waals surface area (Å²) in [6.07, 6.45) is 1.75. The van der Waals surface area contributed by atoms with Crippen molar-refractivity contribution in [1.82, 2.24) is 9.97 Å². The van der Waals surface area contributed by atoms with Crippen LogP contribution in [0.3, 0.4) is 0 Å². The SMILES string of the molecule is CCNc1ncc(C)c(Nc2cc(Br)c(F)cc2C)n1. The molecule has 0 aliphatic heterocycles. The third-order valence-electron chi connectivity index (χ3n) is 2.83. The van der Waals surface area contributed by atoms with E-state index < -0.39 is 0 Å². The number of rotatable bonds is 4. The number of aromatic nitrogens is 2. The number of nitrogens with zero attached hydrogens (tertiary/aromatic N) is 2. The second-order valence-corrected chi connectivity index (χ2v) is 5.32. The quantitative estimate of drug-likeness (QED) is 0.878. The van der Waals surface area contributed by atoms with E-state index in [0.29, 0.717) is 16.2 Å². The van der Waals surface area contributed by atoms with Crippen molar-refractivity contribution in [1.29, 1.82) is 0 Å². The molecular formula is C14H16BrFN4. The van der Waals surface area contributed by atoms with E-state index in [4.69, 9.17) is 0 Å². The van der Waals surface area contributed by atoms with Gasteiger partial charge in [0, 0.05) is 24.0 Å². The third-order valence-corrected chi connectivity index (χ3v) is 3.43. The van der Waals surface area contributed by atoms with E-state index in [0.717, 1.165) is 23.4 Å². The number of halogens is 2. The summed E-state index contributed by atoms with van der Waals surface area (Å²) < 4.78 is 13.9. The Labute approximate surface area is 126 Å². The van der Waals surface area contributed by atoms with Crippen LogP contribution >= 0.6 is 15.9 Å². The molecule has 2 rings (SSSR count). The highest BCUT2D eigenvalue weighted by molar-refractivity contribution is 9.10. The maximum atomic E-state index is 13.4. The summed E-state index contributed by atoms with van der Waals surface area (Å²) in [5.74, 6) is 0.998. The molecule has 4 nitrogen and oxygen atoms in total. The van der Waals surface area contributed by atoms with Gasteiger partial charge in [-0.2, -0.15) is 4.98 Å². The maximum absolute atomic E-state index is 13.4. The Morgan fingerprint density at radius 3 is 2.70 bits per heavy atom. The molecule has 0 radical (unpaired) electrons. The van der Waals surface area contributed by atoms with E-state index in [9.17, 15) is 4.39 Å². The fourth-order valence-electron chi connectivity index (χ4n) is 1.72. The molecule has 2 aromatic rings. The van der Waals surface area contributed by atoms with Crippen LogP contribution in [0, 0.1) is 19.7 Å². The lowest BCUT2D eigenvalue weighted by atomic mass is 10.2. The van der Waals surface area contributed by atoms with Gasteiger partial charge in [-0.1, -0.05) is 0 Å². The molecule has 0 aliphatic rings. The second kappa shape index (κ2) is 6.17. The fraction of sp³-hybridized carbons (Fsp3) is 0.286. The van der Waals surface area contributed by atoms with Gasteiger partial charge in [0.05, 0.1) is 4.47 Å². The lowest BCUT2D eigenvalue weighted by Crippen LogP contribution is -2.06. The molecule has 0 aliphatic carbocycles. The molecule has 20 heavy (non-hydrogen) atoms. The third kappa shape index (κ3) is 3.25. The van der Waals surface area contributed by atoms with Gasteiger partial charge in [-0.3, -0.25) is 0 Å². The molecule has 0 bridgehead atoms. The molecule has 0 amide bonds. The fourth-order valence-corrected chi connectivity index (χ4v) is 2.06. The zero-order valence-electron chi connectivity index (χ0n) is 11.6. The normalized spacial score (nSPS) is 10.4. The summed E-state index contributed by atoms with van der Waals surface area (Å²) >= 11 is 3.19. The summed E-state index contributed by atoms with van der Waals surface area (Å²) in [7, 11) is 0. The Morgan fingerprint density at radius 2 is 2.00 bits per heavy atom. The Bertz CT molecular complexity index is 631. The van der Waals surface area contributed by atoms with E-state index in [2.05, 4.69) is 36.5 Å². The zero-order valence-corrected chi connectivity index (χ0v) is 13.2. The molecule has 0 spiro atoms. The summed E-state index contributed by atoms with van der Waals surface area (Å²) in [5, 5.41) is 6.28. The minimum Gasteiger partial charge on any atom is -0.354 e. The zero-order chi connectivity index (χ0) is 14.7. The molecule has 1 aromatic heterocycles. The molecular weight excluding hydrogens is 323 g/mol. The highest BCUT2D eigenvalue weighted by Crippen LogP contribution is 2.27. The number of anilines is 3. The van der Waals surface area contributed by atoms with Gasteiger partial charge >= 0.3 is 0 Å². The van der Waals surface area contributed by atoms with Gasteiger partial charge in [0.1, 0.15) is 11.6 Å².